The summed E-state index contributed by atoms with van der Waals surface area (Å²) in [7, 11) is 0. The van der Waals surface area contributed by atoms with Gasteiger partial charge in [-0.1, -0.05) is 23.7 Å². The minimum absolute atomic E-state index is 0.0362. The van der Waals surface area contributed by atoms with Crippen molar-refractivity contribution in [1.29, 1.82) is 0 Å². The Hall–Kier alpha value is -2.86. The van der Waals surface area contributed by atoms with Crippen LogP contribution in [0.15, 0.2) is 48.5 Å². The average Bonchev–Trinajstić information content (AvgIpc) is 3.41. The van der Waals surface area contributed by atoms with Gasteiger partial charge >= 0.3 is 0 Å². The summed E-state index contributed by atoms with van der Waals surface area (Å²) >= 11 is 5.86. The molecule has 1 aromatic heterocycles. The van der Waals surface area contributed by atoms with Crippen molar-refractivity contribution in [3.63, 3.8) is 0 Å². The first-order chi connectivity index (χ1) is 13.1. The summed E-state index contributed by atoms with van der Waals surface area (Å²) in [6.07, 6.45) is 2.08. The molecule has 138 valence electrons. The van der Waals surface area contributed by atoms with Gasteiger partial charge in [0.1, 0.15) is 12.4 Å². The molecule has 1 aliphatic carbocycles. The quantitative estimate of drug-likeness (QED) is 0.688. The van der Waals surface area contributed by atoms with E-state index in [1.807, 2.05) is 28.8 Å². The van der Waals surface area contributed by atoms with Crippen LogP contribution in [0.2, 0.25) is 5.02 Å². The van der Waals surface area contributed by atoms with Crippen LogP contribution in [0.5, 0.6) is 0 Å². The van der Waals surface area contributed by atoms with Gasteiger partial charge in [0.05, 0.1) is 17.6 Å². The number of carbonyl (C=O) groups excluding carboxylic acids is 2. The Bertz CT molecular complexity index is 993. The van der Waals surface area contributed by atoms with Gasteiger partial charge in [0, 0.05) is 16.6 Å². The first kappa shape index (κ1) is 17.5. The smallest absolute Gasteiger partial charge is 0.251 e. The Morgan fingerprint density at radius 2 is 1.85 bits per heavy atom. The number of hydrogen-bond acceptors (Lipinski definition) is 3. The van der Waals surface area contributed by atoms with Crippen LogP contribution < -0.4 is 10.6 Å². The first-order valence-corrected chi connectivity index (χ1v) is 9.25. The molecule has 0 unspecified atom stereocenters. The molecule has 1 heterocycles. The molecule has 2 aromatic carbocycles. The third kappa shape index (κ3) is 4.11. The predicted octanol–water partition coefficient (Wildman–Crippen LogP) is 2.90. The zero-order chi connectivity index (χ0) is 18.8. The van der Waals surface area contributed by atoms with Crippen LogP contribution in [0.3, 0.4) is 0 Å². The second kappa shape index (κ2) is 7.40. The molecule has 0 saturated heterocycles. The Kier molecular flexibility index (Phi) is 4.81. The number of halogens is 1. The first-order valence-electron chi connectivity index (χ1n) is 8.87. The van der Waals surface area contributed by atoms with Crippen LogP contribution in [0.4, 0.5) is 0 Å². The molecule has 7 heteroatoms. The zero-order valence-electron chi connectivity index (χ0n) is 14.6. The van der Waals surface area contributed by atoms with Crippen molar-refractivity contribution in [2.45, 2.75) is 32.0 Å². The third-order valence-corrected chi connectivity index (χ3v) is 4.74. The number of rotatable bonds is 6. The lowest BCUT2D eigenvalue weighted by Crippen LogP contribution is -2.31. The van der Waals surface area contributed by atoms with E-state index < -0.39 is 0 Å². The molecule has 1 aliphatic rings. The zero-order valence-corrected chi connectivity index (χ0v) is 15.4. The van der Waals surface area contributed by atoms with Crippen molar-refractivity contribution in [1.82, 2.24) is 20.2 Å². The molecule has 2 amide bonds. The normalized spacial score (nSPS) is 13.5. The lowest BCUT2D eigenvalue weighted by atomic mass is 10.2. The van der Waals surface area contributed by atoms with Crippen LogP contribution >= 0.6 is 11.6 Å². The minimum Gasteiger partial charge on any atom is -0.352 e. The van der Waals surface area contributed by atoms with Gasteiger partial charge < -0.3 is 15.2 Å². The maximum Gasteiger partial charge on any atom is 0.251 e. The molecule has 2 N–H and O–H groups in total. The van der Waals surface area contributed by atoms with E-state index >= 15 is 0 Å². The highest BCUT2D eigenvalue weighted by Gasteiger charge is 2.24. The van der Waals surface area contributed by atoms with Crippen molar-refractivity contribution in [3.05, 3.63) is 64.9 Å². The Morgan fingerprint density at radius 3 is 2.59 bits per heavy atom. The van der Waals surface area contributed by atoms with Gasteiger partial charge in [-0.15, -0.1) is 0 Å². The van der Waals surface area contributed by atoms with Crippen LogP contribution in [0.25, 0.3) is 11.0 Å². The molecule has 4 rings (SSSR count). The van der Waals surface area contributed by atoms with Gasteiger partial charge in [0.25, 0.3) is 5.91 Å². The number of para-hydroxylation sites is 2. The molecular weight excluding hydrogens is 364 g/mol. The molecule has 0 bridgehead atoms. The van der Waals surface area contributed by atoms with E-state index in [-0.39, 0.29) is 24.9 Å². The average molecular weight is 383 g/mol. The minimum atomic E-state index is -0.215. The number of hydrogen-bond donors (Lipinski definition) is 2. The maximum absolute atomic E-state index is 12.4. The molecule has 0 radical (unpaired) electrons. The predicted molar refractivity (Wildman–Crippen MR) is 104 cm³/mol. The monoisotopic (exact) mass is 382 g/mol. The standard InChI is InChI=1S/C20H19ClN4O2/c21-14-7-5-13(6-8-14)20(27)22-11-18-24-16-3-1-2-4-17(16)25(18)12-19(26)23-15-9-10-15/h1-8,15H,9-12H2,(H,22,27)(H,23,26). The van der Waals surface area contributed by atoms with Crippen molar-refractivity contribution < 1.29 is 9.59 Å². The number of imidazole rings is 1. The topological polar surface area (TPSA) is 76.0 Å². The lowest BCUT2D eigenvalue weighted by molar-refractivity contribution is -0.121. The Balaban J connectivity index is 1.53. The van der Waals surface area contributed by atoms with Crippen LogP contribution in [0, 0.1) is 0 Å². The summed E-state index contributed by atoms with van der Waals surface area (Å²) in [5.74, 6) is 0.392. The second-order valence-corrected chi connectivity index (χ2v) is 7.07. The second-order valence-electron chi connectivity index (χ2n) is 6.63. The van der Waals surface area contributed by atoms with Crippen molar-refractivity contribution in [3.8, 4) is 0 Å². The molecule has 6 nitrogen and oxygen atoms in total. The van der Waals surface area contributed by atoms with E-state index in [0.29, 0.717) is 22.5 Å². The molecule has 0 aliphatic heterocycles. The van der Waals surface area contributed by atoms with E-state index in [2.05, 4.69) is 15.6 Å². The summed E-state index contributed by atoms with van der Waals surface area (Å²) in [6.45, 7) is 0.413. The highest BCUT2D eigenvalue weighted by atomic mass is 35.5. The van der Waals surface area contributed by atoms with Gasteiger partial charge in [-0.25, -0.2) is 4.98 Å². The fourth-order valence-corrected chi connectivity index (χ4v) is 3.07. The van der Waals surface area contributed by atoms with E-state index in [4.69, 9.17) is 11.6 Å². The molecule has 0 atom stereocenters. The van der Waals surface area contributed by atoms with E-state index in [1.165, 1.54) is 0 Å². The maximum atomic E-state index is 12.4. The van der Waals surface area contributed by atoms with E-state index in [9.17, 15) is 9.59 Å². The molecule has 3 aromatic rings. The molecule has 1 fully saturated rings. The fourth-order valence-electron chi connectivity index (χ4n) is 2.94. The Morgan fingerprint density at radius 1 is 1.11 bits per heavy atom. The summed E-state index contributed by atoms with van der Waals surface area (Å²) < 4.78 is 1.86. The number of fused-ring (bicyclic) bond motifs is 1. The third-order valence-electron chi connectivity index (χ3n) is 4.49. The van der Waals surface area contributed by atoms with Crippen LogP contribution in [-0.2, 0) is 17.9 Å². The Labute approximate surface area is 161 Å². The SMILES string of the molecule is O=C(Cn1c(CNC(=O)c2ccc(Cl)cc2)nc2ccccc21)NC1CC1. The van der Waals surface area contributed by atoms with Crippen molar-refractivity contribution in [2.75, 3.05) is 0 Å². The van der Waals surface area contributed by atoms with Gasteiger partial charge in [0.2, 0.25) is 5.91 Å². The highest BCUT2D eigenvalue weighted by molar-refractivity contribution is 6.30. The van der Waals surface area contributed by atoms with Gasteiger partial charge in [0.15, 0.2) is 0 Å². The van der Waals surface area contributed by atoms with E-state index in [0.717, 1.165) is 23.9 Å². The number of amides is 2. The molecule has 27 heavy (non-hydrogen) atoms. The number of nitrogens with one attached hydrogen (secondary N) is 2. The molecule has 1 saturated carbocycles. The highest BCUT2D eigenvalue weighted by Crippen LogP contribution is 2.20. The fraction of sp³-hybridized carbons (Fsp3) is 0.250. The van der Waals surface area contributed by atoms with E-state index in [1.54, 1.807) is 24.3 Å². The van der Waals surface area contributed by atoms with Crippen molar-refractivity contribution in [2.24, 2.45) is 0 Å². The van der Waals surface area contributed by atoms with Crippen LogP contribution in [0.1, 0.15) is 29.0 Å². The summed E-state index contributed by atoms with van der Waals surface area (Å²) in [4.78, 5) is 29.2. The van der Waals surface area contributed by atoms with Crippen molar-refractivity contribution >= 4 is 34.4 Å². The van der Waals surface area contributed by atoms with Gasteiger partial charge in [-0.3, -0.25) is 9.59 Å². The molecular formula is C20H19ClN4O2. The summed E-state index contributed by atoms with van der Waals surface area (Å²) in [5.41, 5.74) is 2.19. The lowest BCUT2D eigenvalue weighted by Gasteiger charge is -2.10. The van der Waals surface area contributed by atoms with Gasteiger partial charge in [-0.2, -0.15) is 0 Å². The number of nitrogens with zero attached hydrogens (tertiary/aromatic N) is 2. The van der Waals surface area contributed by atoms with Gasteiger partial charge in [-0.05, 0) is 49.2 Å². The summed E-state index contributed by atoms with van der Waals surface area (Å²) in [6, 6.07) is 14.6. The summed E-state index contributed by atoms with van der Waals surface area (Å²) in [5, 5.41) is 6.44. The van der Waals surface area contributed by atoms with Crippen LogP contribution in [-0.4, -0.2) is 27.4 Å². The largest absolute Gasteiger partial charge is 0.352 e. The number of benzene rings is 2. The number of aromatic nitrogens is 2. The molecule has 0 spiro atoms. The number of carbonyl (C=O) groups is 2.